The maximum absolute atomic E-state index is 5.80. The first kappa shape index (κ1) is 15.7. The van der Waals surface area contributed by atoms with E-state index in [1.807, 2.05) is 0 Å². The van der Waals surface area contributed by atoms with Gasteiger partial charge in [-0.15, -0.1) is 23.7 Å². The van der Waals surface area contributed by atoms with Gasteiger partial charge in [0.05, 0.1) is 15.2 Å². The number of hydrogen-bond donors (Lipinski definition) is 1. The Hall–Kier alpha value is -0.680. The highest BCUT2D eigenvalue weighted by molar-refractivity contribution is 7.18. The molecule has 0 radical (unpaired) electrons. The van der Waals surface area contributed by atoms with Crippen molar-refractivity contribution in [1.82, 2.24) is 9.88 Å². The number of aromatic nitrogens is 1. The molecule has 1 aliphatic heterocycles. The Labute approximate surface area is 130 Å². The van der Waals surface area contributed by atoms with Crippen LogP contribution in [0.15, 0.2) is 18.2 Å². The van der Waals surface area contributed by atoms with Crippen LogP contribution in [0.25, 0.3) is 10.2 Å². The van der Waals surface area contributed by atoms with Crippen molar-refractivity contribution >= 4 is 34.0 Å². The molecular formula is C15H22ClN3S. The molecule has 1 aromatic carbocycles. The Morgan fingerprint density at radius 3 is 2.95 bits per heavy atom. The summed E-state index contributed by atoms with van der Waals surface area (Å²) in [6, 6.07) is 7.30. The van der Waals surface area contributed by atoms with Gasteiger partial charge in [-0.2, -0.15) is 0 Å². The minimum absolute atomic E-state index is 0. The number of likely N-dealkylation sites (tertiary alicyclic amines) is 1. The third kappa shape index (κ3) is 3.14. The molecule has 0 saturated carbocycles. The molecule has 5 heteroatoms. The highest BCUT2D eigenvalue weighted by atomic mass is 35.5. The molecule has 2 heterocycles. The first-order chi connectivity index (χ1) is 9.15. The maximum Gasteiger partial charge on any atom is 0.0907 e. The summed E-state index contributed by atoms with van der Waals surface area (Å²) in [5.41, 5.74) is 8.31. The number of hydrogen-bond acceptors (Lipinski definition) is 4. The molecule has 20 heavy (non-hydrogen) atoms. The molecular weight excluding hydrogens is 290 g/mol. The van der Waals surface area contributed by atoms with Crippen molar-refractivity contribution in [3.8, 4) is 0 Å². The fourth-order valence-electron chi connectivity index (χ4n) is 3.03. The predicted octanol–water partition coefficient (Wildman–Crippen LogP) is 3.20. The highest BCUT2D eigenvalue weighted by Crippen LogP contribution is 2.27. The van der Waals surface area contributed by atoms with Gasteiger partial charge in [-0.1, -0.05) is 6.07 Å². The van der Waals surface area contributed by atoms with Crippen LogP contribution in [-0.4, -0.2) is 29.0 Å². The maximum atomic E-state index is 5.80. The number of halogens is 1. The Bertz CT molecular complexity index is 584. The third-order valence-electron chi connectivity index (χ3n) is 4.07. The van der Waals surface area contributed by atoms with E-state index in [0.717, 1.165) is 30.2 Å². The first-order valence-corrected chi connectivity index (χ1v) is 7.77. The Balaban J connectivity index is 0.00000147. The van der Waals surface area contributed by atoms with E-state index in [2.05, 4.69) is 41.9 Å². The lowest BCUT2D eigenvalue weighted by molar-refractivity contribution is 0.256. The minimum Gasteiger partial charge on any atom is -0.330 e. The number of aryl methyl sites for hydroxylation is 1. The van der Waals surface area contributed by atoms with Crippen LogP contribution < -0.4 is 5.73 Å². The molecule has 110 valence electrons. The Morgan fingerprint density at radius 2 is 2.25 bits per heavy atom. The summed E-state index contributed by atoms with van der Waals surface area (Å²) in [5, 5.41) is 1.14. The lowest BCUT2D eigenvalue weighted by atomic mass is 10.1. The Kier molecular flexibility index (Phi) is 5.02. The molecule has 0 amide bonds. The van der Waals surface area contributed by atoms with Gasteiger partial charge in [-0.3, -0.25) is 4.90 Å². The van der Waals surface area contributed by atoms with E-state index in [1.54, 1.807) is 11.3 Å². The van der Waals surface area contributed by atoms with Crippen molar-refractivity contribution in [2.24, 2.45) is 11.7 Å². The van der Waals surface area contributed by atoms with Gasteiger partial charge >= 0.3 is 0 Å². The van der Waals surface area contributed by atoms with Crippen LogP contribution in [0.2, 0.25) is 0 Å². The van der Waals surface area contributed by atoms with E-state index < -0.39 is 0 Å². The molecule has 0 spiro atoms. The van der Waals surface area contributed by atoms with Crippen LogP contribution >= 0.6 is 23.7 Å². The van der Waals surface area contributed by atoms with E-state index in [9.17, 15) is 0 Å². The summed E-state index contributed by atoms with van der Waals surface area (Å²) in [6.07, 6.45) is 1.23. The smallest absolute Gasteiger partial charge is 0.0907 e. The number of nitrogens with two attached hydrogens (primary N) is 1. The fraction of sp³-hybridized carbons (Fsp3) is 0.533. The first-order valence-electron chi connectivity index (χ1n) is 6.96. The van der Waals surface area contributed by atoms with Gasteiger partial charge in [-0.05, 0) is 50.4 Å². The third-order valence-corrected chi connectivity index (χ3v) is 5.00. The molecule has 0 bridgehead atoms. The molecule has 2 aromatic rings. The van der Waals surface area contributed by atoms with E-state index >= 15 is 0 Å². The normalized spacial score (nSPS) is 23.1. The van der Waals surface area contributed by atoms with Gasteiger partial charge in [0.2, 0.25) is 0 Å². The summed E-state index contributed by atoms with van der Waals surface area (Å²) in [6.45, 7) is 7.36. The van der Waals surface area contributed by atoms with Crippen molar-refractivity contribution in [3.63, 3.8) is 0 Å². The fourth-order valence-corrected chi connectivity index (χ4v) is 3.92. The number of thiazole rings is 1. The van der Waals surface area contributed by atoms with Gasteiger partial charge in [-0.25, -0.2) is 4.98 Å². The molecule has 3 rings (SSSR count). The van der Waals surface area contributed by atoms with Gasteiger partial charge < -0.3 is 5.73 Å². The van der Waals surface area contributed by atoms with Crippen LogP contribution in [0, 0.1) is 12.8 Å². The molecule has 2 N–H and O–H groups in total. The van der Waals surface area contributed by atoms with Gasteiger partial charge in [0, 0.05) is 19.1 Å². The number of benzene rings is 1. The number of fused-ring (bicyclic) bond motifs is 1. The van der Waals surface area contributed by atoms with Gasteiger partial charge in [0.1, 0.15) is 0 Å². The zero-order valence-electron chi connectivity index (χ0n) is 12.0. The summed E-state index contributed by atoms with van der Waals surface area (Å²) in [7, 11) is 0. The van der Waals surface area contributed by atoms with Gasteiger partial charge in [0.25, 0.3) is 0 Å². The molecule has 0 aliphatic carbocycles. The van der Waals surface area contributed by atoms with Gasteiger partial charge in [0.15, 0.2) is 0 Å². The summed E-state index contributed by atoms with van der Waals surface area (Å²) >= 11 is 1.78. The summed E-state index contributed by atoms with van der Waals surface area (Å²) in [4.78, 5) is 7.06. The predicted molar refractivity (Wildman–Crippen MR) is 88.6 cm³/mol. The summed E-state index contributed by atoms with van der Waals surface area (Å²) in [5.74, 6) is 0.671. The molecule has 1 aliphatic rings. The van der Waals surface area contributed by atoms with Crippen LogP contribution in [-0.2, 0) is 6.54 Å². The lowest BCUT2D eigenvalue weighted by Gasteiger charge is -2.21. The van der Waals surface area contributed by atoms with Crippen molar-refractivity contribution in [3.05, 3.63) is 28.8 Å². The van der Waals surface area contributed by atoms with Crippen molar-refractivity contribution in [2.45, 2.75) is 32.9 Å². The summed E-state index contributed by atoms with van der Waals surface area (Å²) < 4.78 is 1.30. The topological polar surface area (TPSA) is 42.2 Å². The van der Waals surface area contributed by atoms with E-state index in [1.165, 1.54) is 16.7 Å². The van der Waals surface area contributed by atoms with Crippen molar-refractivity contribution in [1.29, 1.82) is 0 Å². The van der Waals surface area contributed by atoms with Crippen molar-refractivity contribution in [2.75, 3.05) is 13.1 Å². The largest absolute Gasteiger partial charge is 0.330 e. The quantitative estimate of drug-likeness (QED) is 0.946. The number of nitrogens with zero attached hydrogens (tertiary/aromatic N) is 2. The Morgan fingerprint density at radius 1 is 1.45 bits per heavy atom. The second-order valence-corrected chi connectivity index (χ2v) is 6.89. The van der Waals surface area contributed by atoms with Crippen LogP contribution in [0.4, 0.5) is 0 Å². The highest BCUT2D eigenvalue weighted by Gasteiger charge is 2.27. The average molecular weight is 312 g/mol. The molecule has 1 saturated heterocycles. The van der Waals surface area contributed by atoms with E-state index in [0.29, 0.717) is 12.0 Å². The average Bonchev–Trinajstić information content (AvgIpc) is 2.91. The zero-order valence-corrected chi connectivity index (χ0v) is 13.6. The second kappa shape index (κ2) is 6.39. The monoisotopic (exact) mass is 311 g/mol. The lowest BCUT2D eigenvalue weighted by Crippen LogP contribution is -2.27. The standard InChI is InChI=1S/C15H21N3S.ClH/c1-10-5-13(7-16)9-18(10)8-12-3-4-14-15(6-12)19-11(2)17-14;/h3-4,6,10,13H,5,7-9,16H2,1-2H3;1H. The van der Waals surface area contributed by atoms with Crippen LogP contribution in [0.1, 0.15) is 23.9 Å². The van der Waals surface area contributed by atoms with Crippen molar-refractivity contribution < 1.29 is 0 Å². The second-order valence-electron chi connectivity index (χ2n) is 5.65. The SMILES string of the molecule is Cc1nc2ccc(CN3CC(CN)CC3C)cc2s1.Cl. The van der Waals surface area contributed by atoms with Crippen LogP contribution in [0.3, 0.4) is 0 Å². The van der Waals surface area contributed by atoms with E-state index in [4.69, 9.17) is 5.73 Å². The molecule has 3 nitrogen and oxygen atoms in total. The van der Waals surface area contributed by atoms with E-state index in [-0.39, 0.29) is 12.4 Å². The minimum atomic E-state index is 0. The molecule has 1 fully saturated rings. The molecule has 1 aromatic heterocycles. The van der Waals surface area contributed by atoms with Crippen LogP contribution in [0.5, 0.6) is 0 Å². The molecule has 2 atom stereocenters. The zero-order chi connectivity index (χ0) is 13.4. The number of rotatable bonds is 3. The molecule has 2 unspecified atom stereocenters.